The summed E-state index contributed by atoms with van der Waals surface area (Å²) in [5.41, 5.74) is 6.99. The van der Waals surface area contributed by atoms with E-state index in [0.29, 0.717) is 39.1 Å². The zero-order chi connectivity index (χ0) is 43.5. The van der Waals surface area contributed by atoms with E-state index in [1.807, 2.05) is 36.0 Å². The maximum atomic E-state index is 14.0. The highest BCUT2D eigenvalue weighted by Crippen LogP contribution is 2.37. The molecule has 2 aromatic heterocycles. The maximum absolute atomic E-state index is 14.0. The van der Waals surface area contributed by atoms with Crippen molar-refractivity contribution in [1.82, 2.24) is 40.4 Å². The van der Waals surface area contributed by atoms with Crippen LogP contribution in [-0.2, 0) is 23.8 Å². The van der Waals surface area contributed by atoms with Gasteiger partial charge in [0.15, 0.2) is 0 Å². The standard InChI is InChI=1S/C47H56N8O7/c1-27(2)40(52-46(58)60-4)44(56)54-18-6-8-38(54)42-49-26-37(51-42)34-13-11-30-23-32(12-10-31(30)24-34)35-15-14-33(22-28(35)3)36-25-48-43(50-36)39-9-7-19-55(39)45(57)41(53-47(59)61-5)29-16-20-62-21-17-29/h10-15,22-27,29,38-41H,6-9,16-21H2,1-5H3,(H,48,50)(H,49,51)(H,52,58)(H,53,59)/t38?,39-,40-,41-/m0/s1. The second kappa shape index (κ2) is 18.4. The molecule has 0 spiro atoms. The van der Waals surface area contributed by atoms with Gasteiger partial charge in [-0.05, 0) is 109 Å². The lowest BCUT2D eigenvalue weighted by molar-refractivity contribution is -0.137. The van der Waals surface area contributed by atoms with Crippen LogP contribution in [0, 0.1) is 18.8 Å². The maximum Gasteiger partial charge on any atom is 0.407 e. The average molecular weight is 845 g/mol. The Balaban J connectivity index is 0.953. The summed E-state index contributed by atoms with van der Waals surface area (Å²) in [6.07, 6.45) is 7.13. The Labute approximate surface area is 361 Å². The van der Waals surface area contributed by atoms with Crippen molar-refractivity contribution in [2.24, 2.45) is 11.8 Å². The number of H-pyrrole nitrogens is 2. The number of imidazole rings is 2. The number of hydrogen-bond acceptors (Lipinski definition) is 9. The molecule has 4 atom stereocenters. The molecule has 15 heteroatoms. The molecule has 0 aliphatic carbocycles. The normalized spacial score (nSPS) is 19.1. The summed E-state index contributed by atoms with van der Waals surface area (Å²) in [5, 5.41) is 7.71. The molecule has 326 valence electrons. The molecule has 3 aromatic carbocycles. The fourth-order valence-corrected chi connectivity index (χ4v) is 9.34. The number of methoxy groups -OCH3 is 2. The molecule has 8 rings (SSSR count). The number of nitrogens with zero attached hydrogens (tertiary/aromatic N) is 4. The number of hydrogen-bond donors (Lipinski definition) is 4. The minimum absolute atomic E-state index is 0.0285. The van der Waals surface area contributed by atoms with Crippen LogP contribution in [0.2, 0.25) is 0 Å². The number of ether oxygens (including phenoxy) is 3. The van der Waals surface area contributed by atoms with Crippen LogP contribution >= 0.6 is 0 Å². The van der Waals surface area contributed by atoms with Crippen molar-refractivity contribution in [2.45, 2.75) is 83.5 Å². The second-order valence-corrected chi connectivity index (χ2v) is 17.0. The first kappa shape index (κ1) is 42.5. The van der Waals surface area contributed by atoms with Gasteiger partial charge in [0.2, 0.25) is 11.8 Å². The molecule has 0 radical (unpaired) electrons. The van der Waals surface area contributed by atoms with Crippen molar-refractivity contribution >= 4 is 34.8 Å². The van der Waals surface area contributed by atoms with E-state index in [0.717, 1.165) is 87.3 Å². The highest BCUT2D eigenvalue weighted by molar-refractivity contribution is 5.91. The second-order valence-electron chi connectivity index (χ2n) is 17.0. The zero-order valence-corrected chi connectivity index (χ0v) is 36.0. The van der Waals surface area contributed by atoms with Crippen LogP contribution in [0.25, 0.3) is 44.4 Å². The number of aromatic nitrogens is 4. The van der Waals surface area contributed by atoms with Crippen LogP contribution in [0.1, 0.15) is 81.7 Å². The lowest BCUT2D eigenvalue weighted by Crippen LogP contribution is -2.53. The first-order valence-electron chi connectivity index (χ1n) is 21.7. The van der Waals surface area contributed by atoms with Crippen molar-refractivity contribution in [2.75, 3.05) is 40.5 Å². The van der Waals surface area contributed by atoms with Gasteiger partial charge >= 0.3 is 12.2 Å². The first-order chi connectivity index (χ1) is 30.0. The first-order valence-corrected chi connectivity index (χ1v) is 21.7. The third kappa shape index (κ3) is 8.76. The number of aromatic amines is 2. The summed E-state index contributed by atoms with van der Waals surface area (Å²) < 4.78 is 15.2. The fraction of sp³-hybridized carbons (Fsp3) is 0.447. The number of rotatable bonds is 11. The van der Waals surface area contributed by atoms with Gasteiger partial charge in [-0.15, -0.1) is 0 Å². The van der Waals surface area contributed by atoms with Crippen LogP contribution in [0.3, 0.4) is 0 Å². The lowest BCUT2D eigenvalue weighted by atomic mass is 9.90. The Kier molecular flexibility index (Phi) is 12.6. The van der Waals surface area contributed by atoms with Crippen molar-refractivity contribution < 1.29 is 33.4 Å². The molecule has 5 aromatic rings. The van der Waals surface area contributed by atoms with E-state index >= 15 is 0 Å². The van der Waals surface area contributed by atoms with Gasteiger partial charge in [-0.1, -0.05) is 50.2 Å². The third-order valence-electron chi connectivity index (χ3n) is 12.7. The lowest BCUT2D eigenvalue weighted by Gasteiger charge is -2.34. The largest absolute Gasteiger partial charge is 0.453 e. The highest BCUT2D eigenvalue weighted by atomic mass is 16.5. The van der Waals surface area contributed by atoms with Crippen molar-refractivity contribution in [3.63, 3.8) is 0 Å². The monoisotopic (exact) mass is 844 g/mol. The Bertz CT molecular complexity index is 2440. The fourth-order valence-electron chi connectivity index (χ4n) is 9.34. The quantitative estimate of drug-likeness (QED) is 0.105. The molecule has 0 bridgehead atoms. The van der Waals surface area contributed by atoms with Crippen LogP contribution < -0.4 is 10.6 Å². The average Bonchev–Trinajstić information content (AvgIpc) is 4.14. The molecule has 1 unspecified atom stereocenters. The minimum atomic E-state index is -0.691. The summed E-state index contributed by atoms with van der Waals surface area (Å²) in [7, 11) is 2.60. The van der Waals surface area contributed by atoms with Gasteiger partial charge in [-0.3, -0.25) is 9.59 Å². The molecule has 62 heavy (non-hydrogen) atoms. The van der Waals surface area contributed by atoms with E-state index in [1.165, 1.54) is 14.2 Å². The topological polar surface area (TPSA) is 184 Å². The van der Waals surface area contributed by atoms with Gasteiger partial charge in [0.1, 0.15) is 23.7 Å². The number of benzene rings is 3. The molecule has 15 nitrogen and oxygen atoms in total. The molecule has 3 fully saturated rings. The van der Waals surface area contributed by atoms with Crippen molar-refractivity contribution in [1.29, 1.82) is 0 Å². The molecule has 4 N–H and O–H groups in total. The SMILES string of the molecule is COC(=O)N[C@H](C(=O)N1CCCC1c1nc(-c2ccc3cc(-c4ccc(-c5cnc([C@@H]6CCCN6C(=O)[C@@H](NC(=O)OC)C6CCOCC6)[nH]5)cc4C)ccc3c2)c[nH]1)C(C)C. The number of nitrogens with one attached hydrogen (secondary N) is 4. The van der Waals surface area contributed by atoms with Crippen molar-refractivity contribution in [3.8, 4) is 33.6 Å². The molecule has 3 aliphatic heterocycles. The Hall–Kier alpha value is -6.22. The van der Waals surface area contributed by atoms with E-state index in [1.54, 1.807) is 0 Å². The van der Waals surface area contributed by atoms with E-state index in [-0.39, 0.29) is 35.7 Å². The number of carbonyl (C=O) groups excluding carboxylic acids is 4. The number of aryl methyl sites for hydroxylation is 1. The number of amides is 4. The summed E-state index contributed by atoms with van der Waals surface area (Å²) >= 11 is 0. The van der Waals surface area contributed by atoms with E-state index in [4.69, 9.17) is 24.2 Å². The third-order valence-corrected chi connectivity index (χ3v) is 12.7. The number of alkyl carbamates (subject to hydrolysis) is 2. The van der Waals surface area contributed by atoms with Gasteiger partial charge in [0.25, 0.3) is 0 Å². The van der Waals surface area contributed by atoms with Crippen LogP contribution in [0.15, 0.2) is 67.0 Å². The smallest absolute Gasteiger partial charge is 0.407 e. The Morgan fingerprint density at radius 1 is 0.774 bits per heavy atom. The van der Waals surface area contributed by atoms with Crippen LogP contribution in [-0.4, -0.2) is 106 Å². The molecular formula is C47H56N8O7. The molecule has 3 aliphatic rings. The predicted molar refractivity (Wildman–Crippen MR) is 234 cm³/mol. The van der Waals surface area contributed by atoms with E-state index in [9.17, 15) is 19.2 Å². The van der Waals surface area contributed by atoms with Crippen LogP contribution in [0.4, 0.5) is 9.59 Å². The summed E-state index contributed by atoms with van der Waals surface area (Å²) in [5.74, 6) is 1.08. The molecule has 0 saturated carbocycles. The zero-order valence-electron chi connectivity index (χ0n) is 36.0. The molecule has 5 heterocycles. The Morgan fingerprint density at radius 3 is 2.08 bits per heavy atom. The van der Waals surface area contributed by atoms with Gasteiger partial charge in [-0.25, -0.2) is 19.6 Å². The number of fused-ring (bicyclic) bond motifs is 1. The Morgan fingerprint density at radius 2 is 1.40 bits per heavy atom. The van der Waals surface area contributed by atoms with Gasteiger partial charge in [0, 0.05) is 38.1 Å². The minimum Gasteiger partial charge on any atom is -0.453 e. The highest BCUT2D eigenvalue weighted by Gasteiger charge is 2.41. The van der Waals surface area contributed by atoms with Crippen molar-refractivity contribution in [3.05, 3.63) is 84.2 Å². The van der Waals surface area contributed by atoms with E-state index < -0.39 is 24.3 Å². The van der Waals surface area contributed by atoms with Gasteiger partial charge < -0.3 is 44.6 Å². The number of likely N-dealkylation sites (tertiary alicyclic amines) is 2. The summed E-state index contributed by atoms with van der Waals surface area (Å²) in [6, 6.07) is 17.4. The van der Waals surface area contributed by atoms with E-state index in [2.05, 4.69) is 82.1 Å². The predicted octanol–water partition coefficient (Wildman–Crippen LogP) is 7.45. The molecule has 3 saturated heterocycles. The molecular weight excluding hydrogens is 789 g/mol. The van der Waals surface area contributed by atoms with Gasteiger partial charge in [0.05, 0.1) is 43.9 Å². The number of carbonyl (C=O) groups is 4. The summed E-state index contributed by atoms with van der Waals surface area (Å²) in [6.45, 7) is 8.23. The van der Waals surface area contributed by atoms with Crippen LogP contribution in [0.5, 0.6) is 0 Å². The van der Waals surface area contributed by atoms with Gasteiger partial charge in [-0.2, -0.15) is 0 Å². The summed E-state index contributed by atoms with van der Waals surface area (Å²) in [4.78, 5) is 72.2. The molecule has 4 amide bonds.